The Labute approximate surface area is 152 Å². The van der Waals surface area contributed by atoms with E-state index >= 15 is 0 Å². The molecule has 2 aromatic carbocycles. The summed E-state index contributed by atoms with van der Waals surface area (Å²) in [5, 5.41) is 1.01. The van der Waals surface area contributed by atoms with Gasteiger partial charge in [-0.3, -0.25) is 4.79 Å². The Bertz CT molecular complexity index is 933. The van der Waals surface area contributed by atoms with Crippen LogP contribution in [0.3, 0.4) is 0 Å². The fraction of sp³-hybridized carbons (Fsp3) is 0.286. The van der Waals surface area contributed by atoms with E-state index < -0.39 is 0 Å². The van der Waals surface area contributed by atoms with Gasteiger partial charge in [-0.2, -0.15) is 0 Å². The lowest BCUT2D eigenvalue weighted by atomic mass is 10.1. The molecule has 1 aromatic heterocycles. The van der Waals surface area contributed by atoms with Gasteiger partial charge >= 0.3 is 0 Å². The van der Waals surface area contributed by atoms with E-state index in [9.17, 15) is 4.79 Å². The van der Waals surface area contributed by atoms with Gasteiger partial charge in [-0.15, -0.1) is 0 Å². The first kappa shape index (κ1) is 16.7. The summed E-state index contributed by atoms with van der Waals surface area (Å²) >= 11 is 0. The number of rotatable bonds is 3. The van der Waals surface area contributed by atoms with Crippen molar-refractivity contribution in [1.29, 1.82) is 0 Å². The standard InChI is InChI=1S/C21H22N2O3/c1-14-17-12-16(25-2)8-9-18(17)22-20(14)21(24)23-10-11-26-19(13-23)15-6-4-3-5-7-15/h3-9,12,19,22H,10-11,13H2,1-2H3/t19-/m0/s1. The molecular weight excluding hydrogens is 328 g/mol. The van der Waals surface area contributed by atoms with Crippen LogP contribution in [0.5, 0.6) is 5.75 Å². The molecule has 1 N–H and O–H groups in total. The number of hydrogen-bond donors (Lipinski definition) is 1. The number of benzene rings is 2. The van der Waals surface area contributed by atoms with Crippen LogP contribution in [-0.2, 0) is 4.74 Å². The van der Waals surface area contributed by atoms with E-state index in [1.54, 1.807) is 7.11 Å². The maximum absolute atomic E-state index is 13.1. The van der Waals surface area contributed by atoms with Crippen molar-refractivity contribution in [2.75, 3.05) is 26.8 Å². The van der Waals surface area contributed by atoms with Gasteiger partial charge in [0.1, 0.15) is 17.5 Å². The van der Waals surface area contributed by atoms with Gasteiger partial charge in [-0.05, 0) is 36.2 Å². The first-order valence-corrected chi connectivity index (χ1v) is 8.79. The lowest BCUT2D eigenvalue weighted by Crippen LogP contribution is -2.42. The summed E-state index contributed by atoms with van der Waals surface area (Å²) in [6.45, 7) is 3.67. The average molecular weight is 350 g/mol. The Balaban J connectivity index is 1.61. The quantitative estimate of drug-likeness (QED) is 0.784. The molecule has 26 heavy (non-hydrogen) atoms. The smallest absolute Gasteiger partial charge is 0.270 e. The second kappa shape index (κ2) is 6.84. The third-order valence-corrected chi connectivity index (χ3v) is 5.00. The van der Waals surface area contributed by atoms with Gasteiger partial charge in [-0.25, -0.2) is 0 Å². The Morgan fingerprint density at radius 1 is 1.23 bits per heavy atom. The molecule has 0 spiro atoms. The highest BCUT2D eigenvalue weighted by Crippen LogP contribution is 2.28. The molecule has 4 rings (SSSR count). The van der Waals surface area contributed by atoms with Gasteiger partial charge in [0.15, 0.2) is 0 Å². The van der Waals surface area contributed by atoms with Gasteiger partial charge in [0.2, 0.25) is 0 Å². The summed E-state index contributed by atoms with van der Waals surface area (Å²) < 4.78 is 11.2. The molecule has 1 atom stereocenters. The average Bonchev–Trinajstić information content (AvgIpc) is 3.04. The van der Waals surface area contributed by atoms with Crippen LogP contribution >= 0.6 is 0 Å². The van der Waals surface area contributed by atoms with E-state index in [1.807, 2.05) is 60.4 Å². The van der Waals surface area contributed by atoms with Crippen LogP contribution in [0.4, 0.5) is 0 Å². The molecule has 5 nitrogen and oxygen atoms in total. The number of carbonyl (C=O) groups is 1. The number of fused-ring (bicyclic) bond motifs is 1. The molecule has 3 aromatic rings. The Hall–Kier alpha value is -2.79. The molecule has 0 aliphatic carbocycles. The van der Waals surface area contributed by atoms with Gasteiger partial charge in [-0.1, -0.05) is 30.3 Å². The van der Waals surface area contributed by atoms with E-state index in [-0.39, 0.29) is 12.0 Å². The fourth-order valence-electron chi connectivity index (χ4n) is 3.51. The monoisotopic (exact) mass is 350 g/mol. The van der Waals surface area contributed by atoms with E-state index in [0.717, 1.165) is 27.8 Å². The van der Waals surface area contributed by atoms with E-state index in [2.05, 4.69) is 4.98 Å². The van der Waals surface area contributed by atoms with E-state index in [4.69, 9.17) is 9.47 Å². The molecule has 2 heterocycles. The summed E-state index contributed by atoms with van der Waals surface area (Å²) in [5.41, 5.74) is 3.64. The summed E-state index contributed by atoms with van der Waals surface area (Å²) in [6, 6.07) is 15.9. The van der Waals surface area contributed by atoms with Crippen LogP contribution < -0.4 is 4.74 Å². The number of H-pyrrole nitrogens is 1. The molecule has 1 aliphatic rings. The van der Waals surface area contributed by atoms with E-state index in [1.165, 1.54) is 0 Å². The normalized spacial score (nSPS) is 17.5. The number of aromatic amines is 1. The number of aryl methyl sites for hydroxylation is 1. The maximum Gasteiger partial charge on any atom is 0.270 e. The third kappa shape index (κ3) is 2.95. The highest BCUT2D eigenvalue weighted by molar-refractivity contribution is 6.01. The van der Waals surface area contributed by atoms with Crippen LogP contribution in [0, 0.1) is 6.92 Å². The molecule has 0 radical (unpaired) electrons. The highest BCUT2D eigenvalue weighted by atomic mass is 16.5. The fourth-order valence-corrected chi connectivity index (χ4v) is 3.51. The number of hydrogen-bond acceptors (Lipinski definition) is 3. The highest BCUT2D eigenvalue weighted by Gasteiger charge is 2.28. The maximum atomic E-state index is 13.1. The van der Waals surface area contributed by atoms with E-state index in [0.29, 0.717) is 25.4 Å². The second-order valence-electron chi connectivity index (χ2n) is 6.56. The van der Waals surface area contributed by atoms with Crippen LogP contribution in [0.2, 0.25) is 0 Å². The number of aromatic nitrogens is 1. The van der Waals surface area contributed by atoms with Gasteiger partial charge in [0.25, 0.3) is 5.91 Å². The van der Waals surface area contributed by atoms with Gasteiger partial charge in [0.05, 0.1) is 20.3 Å². The minimum atomic E-state index is -0.0846. The first-order valence-electron chi connectivity index (χ1n) is 8.79. The minimum absolute atomic E-state index is 0.0156. The Morgan fingerprint density at radius 3 is 2.81 bits per heavy atom. The SMILES string of the molecule is COc1ccc2[nH]c(C(=O)N3CCO[C@H](c4ccccc4)C3)c(C)c2c1. The summed E-state index contributed by atoms with van der Waals surface area (Å²) in [6.07, 6.45) is -0.0846. The largest absolute Gasteiger partial charge is 0.497 e. The molecule has 1 aliphatic heterocycles. The number of amides is 1. The van der Waals surface area contributed by atoms with Crippen LogP contribution in [0.25, 0.3) is 10.9 Å². The van der Waals surface area contributed by atoms with Crippen molar-refractivity contribution < 1.29 is 14.3 Å². The Kier molecular flexibility index (Phi) is 4.39. The zero-order chi connectivity index (χ0) is 18.1. The third-order valence-electron chi connectivity index (χ3n) is 5.00. The van der Waals surface area contributed by atoms with Crippen molar-refractivity contribution in [3.8, 4) is 5.75 Å². The van der Waals surface area contributed by atoms with Crippen LogP contribution in [0.15, 0.2) is 48.5 Å². The topological polar surface area (TPSA) is 54.6 Å². The van der Waals surface area contributed by atoms with Crippen LogP contribution in [0.1, 0.15) is 27.7 Å². The van der Waals surface area contributed by atoms with Crippen molar-refractivity contribution in [1.82, 2.24) is 9.88 Å². The lowest BCUT2D eigenvalue weighted by molar-refractivity contribution is -0.0230. The molecule has 0 saturated carbocycles. The molecule has 1 amide bonds. The zero-order valence-electron chi connectivity index (χ0n) is 15.0. The summed E-state index contributed by atoms with van der Waals surface area (Å²) in [5.74, 6) is 0.802. The minimum Gasteiger partial charge on any atom is -0.497 e. The number of carbonyl (C=O) groups excluding carboxylic acids is 1. The Morgan fingerprint density at radius 2 is 2.04 bits per heavy atom. The second-order valence-corrected chi connectivity index (χ2v) is 6.56. The molecule has 134 valence electrons. The zero-order valence-corrected chi connectivity index (χ0v) is 15.0. The van der Waals surface area contributed by atoms with Crippen molar-refractivity contribution >= 4 is 16.8 Å². The van der Waals surface area contributed by atoms with Crippen molar-refractivity contribution in [3.05, 3.63) is 65.4 Å². The number of morpholine rings is 1. The van der Waals surface area contributed by atoms with Crippen molar-refractivity contribution in [2.24, 2.45) is 0 Å². The molecule has 0 bridgehead atoms. The summed E-state index contributed by atoms with van der Waals surface area (Å²) in [7, 11) is 1.65. The molecule has 0 unspecified atom stereocenters. The predicted octanol–water partition coefficient (Wildman–Crippen LogP) is 3.70. The van der Waals surface area contributed by atoms with Crippen LogP contribution in [-0.4, -0.2) is 42.6 Å². The number of nitrogens with one attached hydrogen (secondary N) is 1. The van der Waals surface area contributed by atoms with Gasteiger partial charge < -0.3 is 19.4 Å². The lowest BCUT2D eigenvalue weighted by Gasteiger charge is -2.33. The predicted molar refractivity (Wildman–Crippen MR) is 101 cm³/mol. The first-order chi connectivity index (χ1) is 12.7. The van der Waals surface area contributed by atoms with Crippen molar-refractivity contribution in [3.63, 3.8) is 0 Å². The number of methoxy groups -OCH3 is 1. The molecule has 1 fully saturated rings. The summed E-state index contributed by atoms with van der Waals surface area (Å²) in [4.78, 5) is 18.3. The number of nitrogens with zero attached hydrogens (tertiary/aromatic N) is 1. The molecule has 5 heteroatoms. The molecular formula is C21H22N2O3. The van der Waals surface area contributed by atoms with Crippen molar-refractivity contribution in [2.45, 2.75) is 13.0 Å². The molecule has 1 saturated heterocycles. The number of ether oxygens (including phenoxy) is 2. The van der Waals surface area contributed by atoms with Gasteiger partial charge in [0, 0.05) is 17.4 Å².